The van der Waals surface area contributed by atoms with Gasteiger partial charge in [-0.1, -0.05) is 13.8 Å². The molecule has 2 aromatic rings. The standard InChI is InChI=1S/C17H19F2N3O/c1-11(2)5-6-21-14-7-12(9-20-10-14)17(23)22-13-3-4-15(18)16(19)8-13/h3-4,7-11,21H,5-6H2,1-2H3,(H,22,23). The number of carbonyl (C=O) groups is 1. The molecule has 122 valence electrons. The minimum absolute atomic E-state index is 0.187. The first kappa shape index (κ1) is 16.9. The van der Waals surface area contributed by atoms with Gasteiger partial charge in [0.2, 0.25) is 0 Å². The van der Waals surface area contributed by atoms with Crippen LogP contribution < -0.4 is 10.6 Å². The van der Waals surface area contributed by atoms with Gasteiger partial charge in [-0.2, -0.15) is 0 Å². The third-order valence-electron chi connectivity index (χ3n) is 3.23. The highest BCUT2D eigenvalue weighted by atomic mass is 19.2. The Bertz CT molecular complexity index is 689. The lowest BCUT2D eigenvalue weighted by molar-refractivity contribution is 0.102. The van der Waals surface area contributed by atoms with Crippen LogP contribution in [-0.2, 0) is 0 Å². The molecule has 0 aliphatic rings. The molecule has 0 bridgehead atoms. The molecular weight excluding hydrogens is 300 g/mol. The number of anilines is 2. The lowest BCUT2D eigenvalue weighted by Gasteiger charge is -2.10. The SMILES string of the molecule is CC(C)CCNc1cncc(C(=O)Nc2ccc(F)c(F)c2)c1. The molecule has 0 saturated heterocycles. The smallest absolute Gasteiger partial charge is 0.257 e. The summed E-state index contributed by atoms with van der Waals surface area (Å²) in [5.74, 6) is -1.82. The van der Waals surface area contributed by atoms with Crippen molar-refractivity contribution in [2.24, 2.45) is 5.92 Å². The molecule has 0 aliphatic carbocycles. The zero-order valence-corrected chi connectivity index (χ0v) is 13.1. The van der Waals surface area contributed by atoms with Crippen molar-refractivity contribution in [2.45, 2.75) is 20.3 Å². The van der Waals surface area contributed by atoms with Gasteiger partial charge in [0.1, 0.15) is 0 Å². The number of aromatic nitrogens is 1. The van der Waals surface area contributed by atoms with Gasteiger partial charge in [-0.15, -0.1) is 0 Å². The molecule has 0 radical (unpaired) electrons. The number of nitrogens with one attached hydrogen (secondary N) is 2. The van der Waals surface area contributed by atoms with Gasteiger partial charge >= 0.3 is 0 Å². The highest BCUT2D eigenvalue weighted by Crippen LogP contribution is 2.15. The van der Waals surface area contributed by atoms with Crippen molar-refractivity contribution >= 4 is 17.3 Å². The van der Waals surface area contributed by atoms with Gasteiger partial charge < -0.3 is 10.6 Å². The normalized spacial score (nSPS) is 10.7. The molecule has 0 atom stereocenters. The molecule has 6 heteroatoms. The summed E-state index contributed by atoms with van der Waals surface area (Å²) in [7, 11) is 0. The van der Waals surface area contributed by atoms with E-state index in [1.165, 1.54) is 12.3 Å². The monoisotopic (exact) mass is 319 g/mol. The lowest BCUT2D eigenvalue weighted by Crippen LogP contribution is -2.13. The maximum Gasteiger partial charge on any atom is 0.257 e. The average molecular weight is 319 g/mol. The van der Waals surface area contributed by atoms with Crippen molar-refractivity contribution in [1.82, 2.24) is 4.98 Å². The molecule has 0 spiro atoms. The van der Waals surface area contributed by atoms with Crippen LogP contribution in [0.15, 0.2) is 36.7 Å². The summed E-state index contributed by atoms with van der Waals surface area (Å²) in [4.78, 5) is 16.2. The molecule has 0 unspecified atom stereocenters. The molecule has 1 aromatic carbocycles. The van der Waals surface area contributed by atoms with Gasteiger partial charge in [0.05, 0.1) is 11.3 Å². The molecule has 1 amide bonds. The Morgan fingerprint density at radius 3 is 2.61 bits per heavy atom. The Morgan fingerprint density at radius 2 is 1.91 bits per heavy atom. The fourth-order valence-corrected chi connectivity index (χ4v) is 1.94. The third kappa shape index (κ3) is 5.02. The molecule has 2 rings (SSSR count). The Hall–Kier alpha value is -2.50. The summed E-state index contributed by atoms with van der Waals surface area (Å²) in [6.45, 7) is 5.05. The predicted molar refractivity (Wildman–Crippen MR) is 86.5 cm³/mol. The number of amides is 1. The van der Waals surface area contributed by atoms with E-state index in [1.54, 1.807) is 12.3 Å². The van der Waals surface area contributed by atoms with Crippen molar-refractivity contribution in [1.29, 1.82) is 0 Å². The summed E-state index contributed by atoms with van der Waals surface area (Å²) >= 11 is 0. The Labute approximate surface area is 133 Å². The minimum atomic E-state index is -1.01. The number of pyridine rings is 1. The first-order chi connectivity index (χ1) is 11.0. The first-order valence-corrected chi connectivity index (χ1v) is 7.41. The van der Waals surface area contributed by atoms with Gasteiger partial charge in [-0.05, 0) is 30.5 Å². The van der Waals surface area contributed by atoms with Crippen molar-refractivity contribution in [3.8, 4) is 0 Å². The van der Waals surface area contributed by atoms with Crippen molar-refractivity contribution in [3.05, 3.63) is 53.9 Å². The van der Waals surface area contributed by atoms with E-state index in [4.69, 9.17) is 0 Å². The van der Waals surface area contributed by atoms with E-state index in [0.29, 0.717) is 11.5 Å². The van der Waals surface area contributed by atoms with Gasteiger partial charge in [-0.3, -0.25) is 9.78 Å². The molecule has 0 saturated carbocycles. The maximum atomic E-state index is 13.2. The molecule has 1 aromatic heterocycles. The van der Waals surface area contributed by atoms with E-state index < -0.39 is 17.5 Å². The third-order valence-corrected chi connectivity index (χ3v) is 3.23. The second-order valence-corrected chi connectivity index (χ2v) is 5.65. The van der Waals surface area contributed by atoms with E-state index in [1.807, 2.05) is 0 Å². The fourth-order valence-electron chi connectivity index (χ4n) is 1.94. The predicted octanol–water partition coefficient (Wildman–Crippen LogP) is 4.07. The zero-order valence-electron chi connectivity index (χ0n) is 13.1. The largest absolute Gasteiger partial charge is 0.384 e. The molecule has 0 fully saturated rings. The fraction of sp³-hybridized carbons (Fsp3) is 0.294. The molecule has 1 heterocycles. The number of nitrogens with zero attached hydrogens (tertiary/aromatic N) is 1. The van der Waals surface area contributed by atoms with Crippen molar-refractivity contribution in [2.75, 3.05) is 17.2 Å². The van der Waals surface area contributed by atoms with Crippen LogP contribution in [0, 0.1) is 17.6 Å². The molecule has 23 heavy (non-hydrogen) atoms. The van der Waals surface area contributed by atoms with Crippen molar-refractivity contribution in [3.63, 3.8) is 0 Å². The number of hydrogen-bond acceptors (Lipinski definition) is 3. The van der Waals surface area contributed by atoms with E-state index in [9.17, 15) is 13.6 Å². The Morgan fingerprint density at radius 1 is 1.13 bits per heavy atom. The molecule has 2 N–H and O–H groups in total. The summed E-state index contributed by atoms with van der Waals surface area (Å²) in [6, 6.07) is 4.87. The van der Waals surface area contributed by atoms with Crippen LogP contribution in [0.2, 0.25) is 0 Å². The quantitative estimate of drug-likeness (QED) is 0.844. The molecule has 4 nitrogen and oxygen atoms in total. The van der Waals surface area contributed by atoms with Gasteiger partial charge in [0.15, 0.2) is 11.6 Å². The number of halogens is 2. The number of benzene rings is 1. The Balaban J connectivity index is 2.02. The number of rotatable bonds is 6. The van der Waals surface area contributed by atoms with Crippen molar-refractivity contribution < 1.29 is 13.6 Å². The zero-order chi connectivity index (χ0) is 16.8. The van der Waals surface area contributed by atoms with E-state index >= 15 is 0 Å². The van der Waals surface area contributed by atoms with Crippen LogP contribution >= 0.6 is 0 Å². The van der Waals surface area contributed by atoms with Gasteiger partial charge in [0, 0.05) is 30.7 Å². The number of hydrogen-bond donors (Lipinski definition) is 2. The van der Waals surface area contributed by atoms with E-state index in [2.05, 4.69) is 29.5 Å². The highest BCUT2D eigenvalue weighted by molar-refractivity contribution is 6.04. The molecule has 0 aliphatic heterocycles. The first-order valence-electron chi connectivity index (χ1n) is 7.41. The second-order valence-electron chi connectivity index (χ2n) is 5.65. The summed E-state index contributed by atoms with van der Waals surface area (Å²) in [5, 5.41) is 5.71. The minimum Gasteiger partial charge on any atom is -0.384 e. The number of carbonyl (C=O) groups excluding carboxylic acids is 1. The van der Waals surface area contributed by atoms with Crippen LogP contribution in [-0.4, -0.2) is 17.4 Å². The van der Waals surface area contributed by atoms with E-state index in [0.717, 1.165) is 30.8 Å². The summed E-state index contributed by atoms with van der Waals surface area (Å²) in [5.41, 5.74) is 1.26. The summed E-state index contributed by atoms with van der Waals surface area (Å²) in [6.07, 6.45) is 4.06. The lowest BCUT2D eigenvalue weighted by atomic mass is 10.1. The summed E-state index contributed by atoms with van der Waals surface area (Å²) < 4.78 is 26.0. The maximum absolute atomic E-state index is 13.2. The molecular formula is C17H19F2N3O. The average Bonchev–Trinajstić information content (AvgIpc) is 2.51. The van der Waals surface area contributed by atoms with Crippen LogP contribution in [0.3, 0.4) is 0 Å². The van der Waals surface area contributed by atoms with Crippen LogP contribution in [0.1, 0.15) is 30.6 Å². The van der Waals surface area contributed by atoms with E-state index in [-0.39, 0.29) is 5.69 Å². The van der Waals surface area contributed by atoms with Crippen LogP contribution in [0.5, 0.6) is 0 Å². The van der Waals surface area contributed by atoms with Crippen LogP contribution in [0.25, 0.3) is 0 Å². The van der Waals surface area contributed by atoms with Crippen LogP contribution in [0.4, 0.5) is 20.2 Å². The van der Waals surface area contributed by atoms with Gasteiger partial charge in [-0.25, -0.2) is 8.78 Å². The topological polar surface area (TPSA) is 54.0 Å². The highest BCUT2D eigenvalue weighted by Gasteiger charge is 2.09. The van der Waals surface area contributed by atoms with Gasteiger partial charge in [0.25, 0.3) is 5.91 Å². The Kier molecular flexibility index (Phi) is 5.62. The second kappa shape index (κ2) is 7.67.